The van der Waals surface area contributed by atoms with Crippen molar-refractivity contribution in [2.24, 2.45) is 5.41 Å². The van der Waals surface area contributed by atoms with E-state index in [0.29, 0.717) is 0 Å². The van der Waals surface area contributed by atoms with Gasteiger partial charge in [-0.1, -0.05) is 26.0 Å². The fourth-order valence-corrected chi connectivity index (χ4v) is 4.32. The smallest absolute Gasteiger partial charge is 0.221 e. The van der Waals surface area contributed by atoms with E-state index in [0.717, 1.165) is 36.5 Å². The van der Waals surface area contributed by atoms with Gasteiger partial charge in [-0.15, -0.1) is 0 Å². The molecule has 1 atom stereocenters. The molecule has 0 spiro atoms. The number of benzene rings is 2. The molecule has 162 valence electrons. The zero-order valence-electron chi connectivity index (χ0n) is 18.6. The molecule has 0 radical (unpaired) electrons. The third kappa shape index (κ3) is 4.80. The summed E-state index contributed by atoms with van der Waals surface area (Å²) < 4.78 is 7.35. The molecule has 2 aromatic carbocycles. The predicted octanol–water partition coefficient (Wildman–Crippen LogP) is 4.64. The molecule has 0 fully saturated rings. The third-order valence-corrected chi connectivity index (χ3v) is 5.82. The summed E-state index contributed by atoms with van der Waals surface area (Å²) >= 11 is 0. The highest BCUT2D eigenvalue weighted by atomic mass is 16.5. The van der Waals surface area contributed by atoms with Crippen LogP contribution >= 0.6 is 0 Å². The van der Waals surface area contributed by atoms with Gasteiger partial charge < -0.3 is 15.4 Å². The van der Waals surface area contributed by atoms with Gasteiger partial charge in [-0.05, 0) is 60.2 Å². The quantitative estimate of drug-likeness (QED) is 0.612. The lowest BCUT2D eigenvalue weighted by Crippen LogP contribution is -2.33. The van der Waals surface area contributed by atoms with Crippen molar-refractivity contribution in [2.75, 3.05) is 12.4 Å². The second-order valence-corrected chi connectivity index (χ2v) is 9.01. The molecular formula is C25H30N4O2. The maximum atomic E-state index is 11.2. The Morgan fingerprint density at radius 3 is 2.52 bits per heavy atom. The van der Waals surface area contributed by atoms with E-state index >= 15 is 0 Å². The van der Waals surface area contributed by atoms with Crippen LogP contribution in [0.3, 0.4) is 0 Å². The van der Waals surface area contributed by atoms with E-state index in [1.807, 2.05) is 54.7 Å². The number of hydrogen-bond donors (Lipinski definition) is 2. The van der Waals surface area contributed by atoms with Crippen molar-refractivity contribution < 1.29 is 9.53 Å². The van der Waals surface area contributed by atoms with E-state index in [9.17, 15) is 4.79 Å². The Labute approximate surface area is 183 Å². The van der Waals surface area contributed by atoms with Crippen LogP contribution in [0.5, 0.6) is 5.75 Å². The molecule has 1 aliphatic carbocycles. The molecule has 0 saturated carbocycles. The molecule has 0 bridgehead atoms. The van der Waals surface area contributed by atoms with Crippen LogP contribution in [0.4, 0.5) is 5.69 Å². The number of amides is 1. The molecule has 1 heterocycles. The van der Waals surface area contributed by atoms with Gasteiger partial charge in [-0.2, -0.15) is 5.10 Å². The number of ether oxygens (including phenoxy) is 1. The lowest BCUT2D eigenvalue weighted by molar-refractivity contribution is -0.114. The molecule has 0 aliphatic heterocycles. The molecule has 6 heteroatoms. The first-order valence-corrected chi connectivity index (χ1v) is 10.7. The van der Waals surface area contributed by atoms with Gasteiger partial charge in [0.2, 0.25) is 5.91 Å². The second kappa shape index (κ2) is 8.55. The molecule has 4 rings (SSSR count). The van der Waals surface area contributed by atoms with E-state index in [1.165, 1.54) is 23.7 Å². The maximum Gasteiger partial charge on any atom is 0.221 e. The first kappa shape index (κ1) is 21.1. The van der Waals surface area contributed by atoms with Crippen LogP contribution in [0, 0.1) is 5.41 Å². The number of carbonyl (C=O) groups is 1. The summed E-state index contributed by atoms with van der Waals surface area (Å²) in [5.41, 5.74) is 5.75. The van der Waals surface area contributed by atoms with Gasteiger partial charge >= 0.3 is 0 Å². The number of aromatic nitrogens is 2. The number of nitrogens with one attached hydrogen (secondary N) is 2. The van der Waals surface area contributed by atoms with Crippen molar-refractivity contribution in [3.63, 3.8) is 0 Å². The lowest BCUT2D eigenvalue weighted by Gasteiger charge is -2.36. The number of rotatable bonds is 6. The number of fused-ring (bicyclic) bond motifs is 1. The molecule has 1 amide bonds. The number of nitrogens with zero attached hydrogens (tertiary/aromatic N) is 2. The van der Waals surface area contributed by atoms with E-state index in [2.05, 4.69) is 29.2 Å². The van der Waals surface area contributed by atoms with E-state index in [4.69, 9.17) is 9.84 Å². The summed E-state index contributed by atoms with van der Waals surface area (Å²) in [6.07, 6.45) is 4.04. The molecular weight excluding hydrogens is 388 g/mol. The van der Waals surface area contributed by atoms with Gasteiger partial charge in [-0.3, -0.25) is 4.79 Å². The maximum absolute atomic E-state index is 11.2. The summed E-state index contributed by atoms with van der Waals surface area (Å²) in [7, 11) is 1.68. The van der Waals surface area contributed by atoms with E-state index < -0.39 is 0 Å². The molecule has 6 nitrogen and oxygen atoms in total. The molecule has 31 heavy (non-hydrogen) atoms. The Bertz CT molecular complexity index is 1050. The van der Waals surface area contributed by atoms with Crippen LogP contribution in [-0.2, 0) is 17.8 Å². The van der Waals surface area contributed by atoms with Gasteiger partial charge in [0.15, 0.2) is 0 Å². The van der Waals surface area contributed by atoms with Crippen molar-refractivity contribution in [3.05, 3.63) is 71.5 Å². The normalized spacial score (nSPS) is 17.1. The highest BCUT2D eigenvalue weighted by Crippen LogP contribution is 2.41. The van der Waals surface area contributed by atoms with Crippen LogP contribution in [0.15, 0.2) is 54.7 Å². The summed E-state index contributed by atoms with van der Waals surface area (Å²) in [6, 6.07) is 16.3. The summed E-state index contributed by atoms with van der Waals surface area (Å²) in [6.45, 7) is 6.91. The van der Waals surface area contributed by atoms with Crippen LogP contribution in [-0.4, -0.2) is 22.8 Å². The SMILES string of the molecule is COc1ccc(-n2ncc3c2CC(C)(C)C[C@H]3NCc2ccc(NC(C)=O)cc2)cc1. The average molecular weight is 419 g/mol. The van der Waals surface area contributed by atoms with E-state index in [-0.39, 0.29) is 17.4 Å². The minimum Gasteiger partial charge on any atom is -0.497 e. The fraction of sp³-hybridized carbons (Fsp3) is 0.360. The standard InChI is InChI=1S/C25H30N4O2/c1-17(30)28-19-7-5-18(6-8-19)15-26-23-13-25(2,3)14-24-22(23)16-27-29(24)20-9-11-21(31-4)12-10-20/h5-12,16,23,26H,13-15H2,1-4H3,(H,28,30)/t23-/m1/s1. The number of methoxy groups -OCH3 is 1. The van der Waals surface area contributed by atoms with Gasteiger partial charge in [0.25, 0.3) is 0 Å². The molecule has 2 N–H and O–H groups in total. The largest absolute Gasteiger partial charge is 0.497 e. The molecule has 1 aromatic heterocycles. The Kier molecular flexibility index (Phi) is 5.83. The van der Waals surface area contributed by atoms with Gasteiger partial charge in [0.1, 0.15) is 5.75 Å². The van der Waals surface area contributed by atoms with Gasteiger partial charge in [0, 0.05) is 36.5 Å². The van der Waals surface area contributed by atoms with Crippen LogP contribution in [0.25, 0.3) is 5.69 Å². The third-order valence-electron chi connectivity index (χ3n) is 5.82. The van der Waals surface area contributed by atoms with Crippen molar-refractivity contribution >= 4 is 11.6 Å². The highest BCUT2D eigenvalue weighted by molar-refractivity contribution is 5.88. The summed E-state index contributed by atoms with van der Waals surface area (Å²) in [5.74, 6) is 0.783. The summed E-state index contributed by atoms with van der Waals surface area (Å²) in [5, 5.41) is 11.3. The molecule has 0 unspecified atom stereocenters. The topological polar surface area (TPSA) is 68.2 Å². The zero-order valence-corrected chi connectivity index (χ0v) is 18.6. The predicted molar refractivity (Wildman–Crippen MR) is 123 cm³/mol. The Morgan fingerprint density at radius 2 is 1.87 bits per heavy atom. The number of hydrogen-bond acceptors (Lipinski definition) is 4. The van der Waals surface area contributed by atoms with Crippen molar-refractivity contribution in [1.29, 1.82) is 0 Å². The number of anilines is 1. The van der Waals surface area contributed by atoms with E-state index in [1.54, 1.807) is 7.11 Å². The Hall–Kier alpha value is -3.12. The zero-order chi connectivity index (χ0) is 22.0. The number of carbonyl (C=O) groups excluding carboxylic acids is 1. The lowest BCUT2D eigenvalue weighted by atomic mass is 9.74. The molecule has 0 saturated heterocycles. The van der Waals surface area contributed by atoms with Crippen molar-refractivity contribution in [1.82, 2.24) is 15.1 Å². The fourth-order valence-electron chi connectivity index (χ4n) is 4.32. The minimum atomic E-state index is -0.0586. The first-order valence-electron chi connectivity index (χ1n) is 10.7. The van der Waals surface area contributed by atoms with Crippen molar-refractivity contribution in [3.8, 4) is 11.4 Å². The monoisotopic (exact) mass is 418 g/mol. The van der Waals surface area contributed by atoms with Crippen LogP contribution < -0.4 is 15.4 Å². The minimum absolute atomic E-state index is 0.0586. The molecule has 1 aliphatic rings. The van der Waals surface area contributed by atoms with Gasteiger partial charge in [0.05, 0.1) is 19.0 Å². The van der Waals surface area contributed by atoms with Crippen LogP contribution in [0.1, 0.15) is 50.1 Å². The average Bonchev–Trinajstić information content (AvgIpc) is 3.15. The van der Waals surface area contributed by atoms with Crippen molar-refractivity contribution in [2.45, 2.75) is 46.2 Å². The second-order valence-electron chi connectivity index (χ2n) is 9.01. The first-order chi connectivity index (χ1) is 14.8. The molecule has 3 aromatic rings. The Morgan fingerprint density at radius 1 is 1.16 bits per heavy atom. The van der Waals surface area contributed by atoms with Gasteiger partial charge in [-0.25, -0.2) is 4.68 Å². The van der Waals surface area contributed by atoms with Crippen LogP contribution in [0.2, 0.25) is 0 Å². The highest BCUT2D eigenvalue weighted by Gasteiger charge is 2.35. The summed E-state index contributed by atoms with van der Waals surface area (Å²) in [4.78, 5) is 11.2. The Balaban J connectivity index is 1.53.